The molecule has 22 heavy (non-hydrogen) atoms. The third-order valence-electron chi connectivity index (χ3n) is 3.75. The minimum Gasteiger partial charge on any atom is -0.345 e. The molecular formula is C15H18N4OS2. The van der Waals surface area contributed by atoms with Crippen molar-refractivity contribution >= 4 is 29.5 Å². The van der Waals surface area contributed by atoms with Crippen molar-refractivity contribution in [1.29, 1.82) is 0 Å². The smallest absolute Gasteiger partial charge is 0.225 e. The van der Waals surface area contributed by atoms with Crippen molar-refractivity contribution in [2.45, 2.75) is 39.2 Å². The summed E-state index contributed by atoms with van der Waals surface area (Å²) in [6.07, 6.45) is 4.33. The van der Waals surface area contributed by atoms with Crippen molar-refractivity contribution in [3.8, 4) is 0 Å². The number of amides is 1. The third kappa shape index (κ3) is 3.59. The van der Waals surface area contributed by atoms with Gasteiger partial charge in [0.2, 0.25) is 5.91 Å². The number of H-pyrrole nitrogens is 1. The van der Waals surface area contributed by atoms with Crippen molar-refractivity contribution in [3.63, 3.8) is 0 Å². The molecule has 0 aromatic carbocycles. The summed E-state index contributed by atoms with van der Waals surface area (Å²) in [5.74, 6) is 1.17. The highest BCUT2D eigenvalue weighted by atomic mass is 32.1. The molecule has 1 fully saturated rings. The predicted octanol–water partition coefficient (Wildman–Crippen LogP) is 3.02. The highest BCUT2D eigenvalue weighted by Gasteiger charge is 2.35. The van der Waals surface area contributed by atoms with Gasteiger partial charge in [0.15, 0.2) is 9.78 Å². The first-order valence-corrected chi connectivity index (χ1v) is 8.53. The van der Waals surface area contributed by atoms with Crippen LogP contribution in [0, 0.1) is 23.7 Å². The van der Waals surface area contributed by atoms with E-state index in [1.165, 1.54) is 11.3 Å². The van der Waals surface area contributed by atoms with E-state index in [4.69, 9.17) is 12.2 Å². The molecule has 2 aromatic rings. The van der Waals surface area contributed by atoms with Crippen LogP contribution in [-0.2, 0) is 11.2 Å². The van der Waals surface area contributed by atoms with Crippen LogP contribution in [0.5, 0.6) is 0 Å². The van der Waals surface area contributed by atoms with E-state index < -0.39 is 0 Å². The number of aromatic nitrogens is 3. The largest absolute Gasteiger partial charge is 0.345 e. The Morgan fingerprint density at radius 2 is 2.32 bits per heavy atom. The fraction of sp³-hybridized carbons (Fsp3) is 0.467. The number of hydrogen-bond acceptors (Lipinski definition) is 5. The summed E-state index contributed by atoms with van der Waals surface area (Å²) >= 11 is 6.57. The van der Waals surface area contributed by atoms with Crippen LogP contribution in [0.1, 0.15) is 41.0 Å². The minimum absolute atomic E-state index is 0.00430. The normalized spacial score (nSPS) is 15.5. The summed E-state index contributed by atoms with van der Waals surface area (Å²) in [6, 6.07) is 1.78. The van der Waals surface area contributed by atoms with Gasteiger partial charge in [0.25, 0.3) is 0 Å². The van der Waals surface area contributed by atoms with Crippen LogP contribution in [0.25, 0.3) is 0 Å². The number of thiazole rings is 1. The van der Waals surface area contributed by atoms with Gasteiger partial charge in [-0.15, -0.1) is 11.3 Å². The Bertz CT molecular complexity index is 748. The first-order chi connectivity index (χ1) is 10.5. The molecule has 1 saturated carbocycles. The number of nitrogens with zero attached hydrogens (tertiary/aromatic N) is 2. The van der Waals surface area contributed by atoms with Gasteiger partial charge in [-0.05, 0) is 50.9 Å². The maximum Gasteiger partial charge on any atom is 0.225 e. The topological polar surface area (TPSA) is 70.7 Å². The van der Waals surface area contributed by atoms with Gasteiger partial charge in [0.05, 0.1) is 12.5 Å². The minimum atomic E-state index is -0.0837. The lowest BCUT2D eigenvalue weighted by Crippen LogP contribution is -2.32. The zero-order valence-corrected chi connectivity index (χ0v) is 14.2. The predicted molar refractivity (Wildman–Crippen MR) is 88.3 cm³/mol. The van der Waals surface area contributed by atoms with Crippen LogP contribution in [0.2, 0.25) is 0 Å². The number of carbonyl (C=O) groups excluding carboxylic acids is 1. The van der Waals surface area contributed by atoms with Crippen LogP contribution in [0.4, 0.5) is 0 Å². The van der Waals surface area contributed by atoms with E-state index >= 15 is 0 Å². The number of rotatable bonds is 5. The van der Waals surface area contributed by atoms with E-state index in [1.807, 2.05) is 19.9 Å². The molecule has 0 aliphatic heterocycles. The van der Waals surface area contributed by atoms with Gasteiger partial charge in [-0.3, -0.25) is 4.79 Å². The molecule has 1 amide bonds. The van der Waals surface area contributed by atoms with Crippen molar-refractivity contribution in [3.05, 3.63) is 38.3 Å². The highest BCUT2D eigenvalue weighted by molar-refractivity contribution is 7.73. The van der Waals surface area contributed by atoms with Gasteiger partial charge in [-0.25, -0.2) is 9.97 Å². The Balaban J connectivity index is 1.72. The first-order valence-electron chi connectivity index (χ1n) is 7.30. The fourth-order valence-electron chi connectivity index (χ4n) is 2.42. The van der Waals surface area contributed by atoms with Crippen LogP contribution < -0.4 is 5.32 Å². The second kappa shape index (κ2) is 6.26. The molecular weight excluding hydrogens is 316 g/mol. The molecule has 3 rings (SSSR count). The average Bonchev–Trinajstić information content (AvgIpc) is 3.23. The maximum absolute atomic E-state index is 12.4. The monoisotopic (exact) mass is 334 g/mol. The van der Waals surface area contributed by atoms with Gasteiger partial charge < -0.3 is 10.3 Å². The molecule has 0 saturated heterocycles. The standard InChI is InChI=1S/C15H18N4OS2/c1-8-5-6-16-14(17-8)13(10-3-4-10)19-12(20)7-11-9(2)18-15(21)22-11/h5-6,10,13H,3-4,7H2,1-2H3,(H,18,21)(H,19,20)/t13-/m1/s1. The molecule has 1 atom stereocenters. The Morgan fingerprint density at radius 1 is 1.55 bits per heavy atom. The summed E-state index contributed by atoms with van der Waals surface area (Å²) in [7, 11) is 0. The number of aromatic amines is 1. The van der Waals surface area contributed by atoms with Crippen molar-refractivity contribution in [2.75, 3.05) is 0 Å². The van der Waals surface area contributed by atoms with Crippen LogP contribution >= 0.6 is 23.6 Å². The fourth-order valence-corrected chi connectivity index (χ4v) is 3.71. The second-order valence-corrected chi connectivity index (χ2v) is 7.45. The SMILES string of the molecule is Cc1ccnc([C@H](NC(=O)Cc2sc(=S)[nH]c2C)C2CC2)n1. The van der Waals surface area contributed by atoms with Crippen LogP contribution in [-0.4, -0.2) is 20.9 Å². The second-order valence-electron chi connectivity index (χ2n) is 5.68. The number of aryl methyl sites for hydroxylation is 2. The van der Waals surface area contributed by atoms with Crippen LogP contribution in [0.3, 0.4) is 0 Å². The summed E-state index contributed by atoms with van der Waals surface area (Å²) in [5.41, 5.74) is 1.89. The first kappa shape index (κ1) is 15.3. The van der Waals surface area contributed by atoms with E-state index in [1.54, 1.807) is 6.20 Å². The average molecular weight is 334 g/mol. The number of nitrogens with one attached hydrogen (secondary N) is 2. The molecule has 5 nitrogen and oxygen atoms in total. The molecule has 0 bridgehead atoms. The van der Waals surface area contributed by atoms with Crippen molar-refractivity contribution < 1.29 is 4.79 Å². The number of hydrogen-bond donors (Lipinski definition) is 2. The Kier molecular flexibility index (Phi) is 4.35. The zero-order chi connectivity index (χ0) is 15.7. The summed E-state index contributed by atoms with van der Waals surface area (Å²) in [4.78, 5) is 25.2. The quantitative estimate of drug-likeness (QED) is 0.825. The summed E-state index contributed by atoms with van der Waals surface area (Å²) in [6.45, 7) is 3.88. The molecule has 0 spiro atoms. The summed E-state index contributed by atoms with van der Waals surface area (Å²) in [5, 5.41) is 3.10. The van der Waals surface area contributed by atoms with E-state index in [0.717, 1.165) is 29.1 Å². The third-order valence-corrected chi connectivity index (χ3v) is 5.08. The van der Waals surface area contributed by atoms with Gasteiger partial charge in [-0.2, -0.15) is 0 Å². The maximum atomic E-state index is 12.4. The molecule has 2 heterocycles. The van der Waals surface area contributed by atoms with Gasteiger partial charge >= 0.3 is 0 Å². The van der Waals surface area contributed by atoms with E-state index in [2.05, 4.69) is 20.3 Å². The van der Waals surface area contributed by atoms with E-state index in [0.29, 0.717) is 22.1 Å². The molecule has 0 unspecified atom stereocenters. The van der Waals surface area contributed by atoms with Gasteiger partial charge in [-0.1, -0.05) is 0 Å². The van der Waals surface area contributed by atoms with Gasteiger partial charge in [0, 0.05) is 22.5 Å². The molecule has 0 radical (unpaired) electrons. The highest BCUT2D eigenvalue weighted by Crippen LogP contribution is 2.40. The molecule has 1 aliphatic carbocycles. The van der Waals surface area contributed by atoms with Crippen LogP contribution in [0.15, 0.2) is 12.3 Å². The molecule has 116 valence electrons. The molecule has 2 aromatic heterocycles. The van der Waals surface area contributed by atoms with Crippen molar-refractivity contribution in [1.82, 2.24) is 20.3 Å². The summed E-state index contributed by atoms with van der Waals surface area (Å²) < 4.78 is 0.709. The van der Waals surface area contributed by atoms with E-state index in [-0.39, 0.29) is 11.9 Å². The lowest BCUT2D eigenvalue weighted by Gasteiger charge is -2.17. The molecule has 7 heteroatoms. The van der Waals surface area contributed by atoms with Gasteiger partial charge in [0.1, 0.15) is 0 Å². The number of carbonyl (C=O) groups is 1. The lowest BCUT2D eigenvalue weighted by molar-refractivity contribution is -0.121. The Hall–Kier alpha value is -1.60. The Labute approximate surface area is 138 Å². The van der Waals surface area contributed by atoms with E-state index in [9.17, 15) is 4.79 Å². The lowest BCUT2D eigenvalue weighted by atomic mass is 10.1. The zero-order valence-electron chi connectivity index (χ0n) is 12.5. The molecule has 1 aliphatic rings. The molecule has 2 N–H and O–H groups in total. The van der Waals surface area contributed by atoms with Crippen molar-refractivity contribution in [2.24, 2.45) is 5.92 Å². The Morgan fingerprint density at radius 3 is 2.91 bits per heavy atom.